The van der Waals surface area contributed by atoms with E-state index in [1.807, 2.05) is 6.29 Å². The summed E-state index contributed by atoms with van der Waals surface area (Å²) >= 11 is 0. The molecule has 8 atom stereocenters. The van der Waals surface area contributed by atoms with Crippen LogP contribution in [0.1, 0.15) is 105 Å². The third kappa shape index (κ3) is 5.53. The molecule has 0 spiro atoms. The van der Waals surface area contributed by atoms with Gasteiger partial charge in [-0.25, -0.2) is 6.29 Å². The molecule has 3 saturated carbocycles. The number of rotatable bonds is 8. The van der Waals surface area contributed by atoms with E-state index in [1.165, 1.54) is 57.8 Å². The molecule has 4 heteroatoms. The van der Waals surface area contributed by atoms with Crippen LogP contribution in [0, 0.1) is 46.3 Å². The number of fused-ring (bicyclic) bond motifs is 5. The Morgan fingerprint density at radius 1 is 1.06 bits per heavy atom. The average molecular weight is 452 g/mol. The predicted octanol–water partition coefficient (Wildman–Crippen LogP) is 4.35. The third-order valence-corrected chi connectivity index (χ3v) is 10.6. The van der Waals surface area contributed by atoms with Gasteiger partial charge in [-0.05, 0) is 104 Å². The van der Waals surface area contributed by atoms with Crippen LogP contribution in [0.3, 0.4) is 0 Å². The van der Waals surface area contributed by atoms with Gasteiger partial charge in [0.25, 0.3) is 0 Å². The average Bonchev–Trinajstić information content (AvgIpc) is 3.09. The van der Waals surface area contributed by atoms with Crippen LogP contribution in [0.15, 0.2) is 11.6 Å². The van der Waals surface area contributed by atoms with Crippen molar-refractivity contribution in [1.29, 1.82) is 0 Å². The van der Waals surface area contributed by atoms with Crippen molar-refractivity contribution in [3.63, 3.8) is 0 Å². The van der Waals surface area contributed by atoms with Crippen molar-refractivity contribution in [2.45, 2.75) is 111 Å². The van der Waals surface area contributed by atoms with E-state index in [1.54, 1.807) is 5.57 Å². The Labute approximate surface area is 215 Å². The molecule has 0 heterocycles. The Balaban J connectivity index is 0.00000193. The van der Waals surface area contributed by atoms with Gasteiger partial charge in [0.05, 0.1) is 6.10 Å². The predicted molar refractivity (Wildman–Crippen MR) is 130 cm³/mol. The van der Waals surface area contributed by atoms with Crippen molar-refractivity contribution in [2.75, 3.05) is 6.61 Å². The fourth-order valence-electron chi connectivity index (χ4n) is 8.95. The summed E-state index contributed by atoms with van der Waals surface area (Å²) in [6.07, 6.45) is 19.5. The van der Waals surface area contributed by atoms with Gasteiger partial charge in [-0.3, -0.25) is 0 Å². The van der Waals surface area contributed by atoms with Crippen LogP contribution in [0.25, 0.3) is 0 Å². The summed E-state index contributed by atoms with van der Waals surface area (Å²) in [6, 6.07) is 0. The first-order valence-electron chi connectivity index (χ1n) is 13.5. The van der Waals surface area contributed by atoms with E-state index < -0.39 is 0 Å². The fraction of sp³-hybridized carbons (Fsp3) is 0.897. The van der Waals surface area contributed by atoms with Gasteiger partial charge in [-0.15, -0.1) is 0 Å². The second-order valence-electron chi connectivity index (χ2n) is 12.6. The second kappa shape index (κ2) is 11.8. The quantitative estimate of drug-likeness (QED) is 0.313. The fourth-order valence-corrected chi connectivity index (χ4v) is 8.95. The maximum atomic E-state index is 10.6. The number of hydrogen-bond donors (Lipinski definition) is 0. The second-order valence-corrected chi connectivity index (χ2v) is 12.6. The normalized spacial score (nSPS) is 40.4. The minimum absolute atomic E-state index is 0. The van der Waals surface area contributed by atoms with Gasteiger partial charge in [0.2, 0.25) is 0 Å². The zero-order valence-electron chi connectivity index (χ0n) is 22.4. The number of hydrogen-bond acceptors (Lipinski definition) is 3. The first kappa shape index (κ1) is 29.2. The molecule has 4 rings (SSSR count). The maximum absolute atomic E-state index is 10.6. The number of ether oxygens (including phenoxy) is 1. The molecular formula is C29H48LiO3-. The van der Waals surface area contributed by atoms with E-state index >= 15 is 0 Å². The van der Waals surface area contributed by atoms with Gasteiger partial charge >= 0.3 is 18.9 Å². The van der Waals surface area contributed by atoms with Crippen LogP contribution >= 0.6 is 0 Å². The van der Waals surface area contributed by atoms with Gasteiger partial charge in [-0.1, -0.05) is 65.5 Å². The molecule has 0 saturated heterocycles. The standard InChI is InChI=1S/C29H47O2.Li.H2O/c1-20(2)7-6-8-21(3)25-11-12-26-24-10-9-22-19-23(31-18-17-30)13-15-28(22,4)27(24)14-16-29(25,26)5;;/h9,20-21,23-27H,6-8,10-16,18-19H2,1-5H3;;1H2/q-1;+1;/p-1/t21-,23+,24+,25-,26+,27+,28+,29-;;/m1../s1. The van der Waals surface area contributed by atoms with Gasteiger partial charge in [0, 0.05) is 0 Å². The summed E-state index contributed by atoms with van der Waals surface area (Å²) in [7, 11) is 0. The summed E-state index contributed by atoms with van der Waals surface area (Å²) in [5.74, 6) is 5.35. The van der Waals surface area contributed by atoms with E-state index in [4.69, 9.17) is 4.74 Å². The molecule has 184 valence electrons. The monoisotopic (exact) mass is 451 g/mol. The smallest absolute Gasteiger partial charge is 0.870 e. The minimum atomic E-state index is 0. The van der Waals surface area contributed by atoms with Crippen LogP contribution < -0.4 is 18.9 Å². The molecule has 0 aromatic rings. The van der Waals surface area contributed by atoms with E-state index in [0.717, 1.165) is 48.3 Å². The van der Waals surface area contributed by atoms with Gasteiger partial charge in [0.15, 0.2) is 0 Å². The van der Waals surface area contributed by atoms with E-state index in [9.17, 15) is 4.79 Å². The molecule has 4 aliphatic rings. The van der Waals surface area contributed by atoms with Gasteiger partial charge in [0.1, 0.15) is 0 Å². The van der Waals surface area contributed by atoms with Crippen molar-refractivity contribution in [3.8, 4) is 0 Å². The molecule has 0 radical (unpaired) electrons. The molecule has 4 aliphatic carbocycles. The zero-order valence-corrected chi connectivity index (χ0v) is 22.4. The first-order chi connectivity index (χ1) is 14.8. The Hall–Kier alpha value is -0.0726. The summed E-state index contributed by atoms with van der Waals surface area (Å²) in [4.78, 5) is 10.6. The summed E-state index contributed by atoms with van der Waals surface area (Å²) in [5.41, 5.74) is 2.59. The zero-order chi connectivity index (χ0) is 22.2. The summed E-state index contributed by atoms with van der Waals surface area (Å²) in [5, 5.41) is 0. The Bertz CT molecular complexity index is 676. The third-order valence-electron chi connectivity index (χ3n) is 10.6. The Morgan fingerprint density at radius 3 is 2.52 bits per heavy atom. The summed E-state index contributed by atoms with van der Waals surface area (Å²) < 4.78 is 5.77. The topological polar surface area (TPSA) is 56.3 Å². The van der Waals surface area contributed by atoms with E-state index in [-0.39, 0.29) is 37.0 Å². The maximum Gasteiger partial charge on any atom is 1.00 e. The van der Waals surface area contributed by atoms with Crippen molar-refractivity contribution in [1.82, 2.24) is 0 Å². The molecule has 3 fully saturated rings. The van der Waals surface area contributed by atoms with Crippen LogP contribution in [-0.4, -0.2) is 24.5 Å². The van der Waals surface area contributed by atoms with Crippen molar-refractivity contribution in [2.24, 2.45) is 46.3 Å². The molecule has 0 aliphatic heterocycles. The molecule has 1 N–H and O–H groups in total. The van der Waals surface area contributed by atoms with Crippen LogP contribution in [-0.2, 0) is 9.53 Å². The van der Waals surface area contributed by atoms with Crippen molar-refractivity contribution < 1.29 is 33.9 Å². The molecule has 0 aromatic carbocycles. The number of allylic oxidation sites excluding steroid dienone is 1. The Morgan fingerprint density at radius 2 is 1.82 bits per heavy atom. The van der Waals surface area contributed by atoms with Crippen LogP contribution in [0.4, 0.5) is 0 Å². The molecule has 33 heavy (non-hydrogen) atoms. The Kier molecular flexibility index (Phi) is 10.4. The minimum Gasteiger partial charge on any atom is -0.870 e. The molecule has 3 nitrogen and oxygen atoms in total. The number of carbonyl (C=O) groups excluding carboxylic acids is 1. The van der Waals surface area contributed by atoms with Gasteiger partial charge in [-0.2, -0.15) is 0 Å². The summed E-state index contributed by atoms with van der Waals surface area (Å²) in [6.45, 7) is 12.7. The van der Waals surface area contributed by atoms with Gasteiger partial charge < -0.3 is 15.0 Å². The molecule has 0 amide bonds. The van der Waals surface area contributed by atoms with E-state index in [0.29, 0.717) is 10.8 Å². The SMILES string of the molecule is CC(C)CCC[C@@H](C)[C@H]1CC[C@H]2[C@@H]3CC=C4C[C@@H](OC[C-]=O)CC[C@]4(C)[C@H]3CC[C@]12C.[Li+].[OH-]. The first-order valence-corrected chi connectivity index (χ1v) is 13.5. The van der Waals surface area contributed by atoms with Crippen molar-refractivity contribution in [3.05, 3.63) is 11.6 Å². The molecule has 0 unspecified atom stereocenters. The van der Waals surface area contributed by atoms with Crippen LogP contribution in [0.5, 0.6) is 0 Å². The molecule has 0 aromatic heterocycles. The van der Waals surface area contributed by atoms with Crippen LogP contribution in [0.2, 0.25) is 0 Å². The molecular weight excluding hydrogens is 403 g/mol. The largest absolute Gasteiger partial charge is 1.00 e. The molecule has 0 bridgehead atoms. The van der Waals surface area contributed by atoms with Crippen molar-refractivity contribution >= 4 is 6.29 Å². The van der Waals surface area contributed by atoms with E-state index in [2.05, 4.69) is 40.7 Å².